The Labute approximate surface area is 292 Å². The van der Waals surface area contributed by atoms with Crippen molar-refractivity contribution in [1.29, 1.82) is 0 Å². The fraction of sp³-hybridized carbons (Fsp3) is 0.439. The second-order valence-electron chi connectivity index (χ2n) is 15.3. The van der Waals surface area contributed by atoms with Crippen molar-refractivity contribution >= 4 is 29.0 Å². The highest BCUT2D eigenvalue weighted by Gasteiger charge is 2.50. The van der Waals surface area contributed by atoms with Gasteiger partial charge in [-0.3, -0.25) is 4.79 Å². The maximum absolute atomic E-state index is 14.6. The Morgan fingerprint density at radius 2 is 1.52 bits per heavy atom. The van der Waals surface area contributed by atoms with E-state index in [1.165, 1.54) is 6.42 Å². The van der Waals surface area contributed by atoms with E-state index in [0.717, 1.165) is 77.1 Å². The van der Waals surface area contributed by atoms with Crippen LogP contribution >= 0.6 is 0 Å². The molecule has 1 heterocycles. The van der Waals surface area contributed by atoms with Gasteiger partial charge in [-0.1, -0.05) is 72.8 Å². The second kappa shape index (κ2) is 13.5. The Hall–Kier alpha value is -4.79. The predicted octanol–water partition coefficient (Wildman–Crippen LogP) is 7.12. The van der Waals surface area contributed by atoms with Crippen molar-refractivity contribution in [3.8, 4) is 0 Å². The second-order valence-corrected chi connectivity index (χ2v) is 15.3. The number of H-pyrrole nitrogens is 1. The zero-order chi connectivity index (χ0) is 34.2. The summed E-state index contributed by atoms with van der Waals surface area (Å²) in [5.41, 5.74) is 3.48. The van der Waals surface area contributed by atoms with Gasteiger partial charge in [0, 0.05) is 23.5 Å². The van der Waals surface area contributed by atoms with Crippen molar-refractivity contribution in [2.75, 3.05) is 0 Å². The van der Waals surface area contributed by atoms with Gasteiger partial charge in [0.2, 0.25) is 5.91 Å². The van der Waals surface area contributed by atoms with E-state index < -0.39 is 29.8 Å². The number of carbonyl (C=O) groups is 3. The first kappa shape index (κ1) is 32.4. The summed E-state index contributed by atoms with van der Waals surface area (Å²) in [5.74, 6) is 1.99. The Morgan fingerprint density at radius 1 is 0.820 bits per heavy atom. The molecule has 5 aliphatic carbocycles. The minimum Gasteiger partial charge on any atom is -0.446 e. The van der Waals surface area contributed by atoms with Crippen LogP contribution in [-0.4, -0.2) is 40.8 Å². The molecule has 260 valence electrons. The molecule has 4 N–H and O–H groups in total. The standard InChI is InChI=1S/C41H46N4O5/c1-41(22-31-23-42-34-14-8-7-12-32(31)34,45-40(48)50-37-29-18-26-17-27(20-29)21-30(37)19-26)38(46)43-35-16-15-28-11-5-6-13-33(28)36(35)44-39(47)49-24-25-9-3-2-4-10-25/h2-14,23,26-27,29-30,35-37,42H,15-22,24H2,1H3,(H,43,46)(H,44,47)(H,45,48)/t26?,27?,29?,30?,35-,36+,37?,41-/m1/s1. The molecule has 4 aromatic rings. The summed E-state index contributed by atoms with van der Waals surface area (Å²) in [6, 6.07) is 24.5. The van der Waals surface area contributed by atoms with E-state index in [1.54, 1.807) is 6.92 Å². The molecule has 9 rings (SSSR count). The van der Waals surface area contributed by atoms with Crippen LogP contribution in [0.25, 0.3) is 10.9 Å². The molecule has 9 nitrogen and oxygen atoms in total. The number of hydrogen-bond donors (Lipinski definition) is 4. The number of ether oxygens (including phenoxy) is 2. The number of aromatic nitrogens is 1. The fourth-order valence-electron chi connectivity index (χ4n) is 9.60. The molecule has 3 amide bonds. The van der Waals surface area contributed by atoms with E-state index in [2.05, 4.69) is 27.0 Å². The molecule has 50 heavy (non-hydrogen) atoms. The van der Waals surface area contributed by atoms with Crippen LogP contribution in [-0.2, 0) is 33.7 Å². The number of alkyl carbamates (subject to hydrolysis) is 2. The summed E-state index contributed by atoms with van der Waals surface area (Å²) in [6.07, 6.45) is 8.12. The molecule has 1 aromatic heterocycles. The number of fused-ring (bicyclic) bond motifs is 2. The van der Waals surface area contributed by atoms with E-state index >= 15 is 0 Å². The zero-order valence-corrected chi connectivity index (χ0v) is 28.5. The van der Waals surface area contributed by atoms with Crippen molar-refractivity contribution in [2.45, 2.75) is 88.6 Å². The van der Waals surface area contributed by atoms with Gasteiger partial charge < -0.3 is 30.4 Å². The highest BCUT2D eigenvalue weighted by atomic mass is 16.6. The van der Waals surface area contributed by atoms with Gasteiger partial charge in [0.1, 0.15) is 18.2 Å². The monoisotopic (exact) mass is 674 g/mol. The molecule has 5 aliphatic rings. The number of benzene rings is 3. The lowest BCUT2D eigenvalue weighted by Gasteiger charge is -2.53. The maximum atomic E-state index is 14.6. The largest absolute Gasteiger partial charge is 0.446 e. The average molecular weight is 675 g/mol. The quantitative estimate of drug-likeness (QED) is 0.151. The van der Waals surface area contributed by atoms with E-state index in [4.69, 9.17) is 9.47 Å². The molecule has 0 spiro atoms. The molecule has 0 unspecified atom stereocenters. The molecular formula is C41H46N4O5. The Morgan fingerprint density at radius 3 is 2.30 bits per heavy atom. The smallest absolute Gasteiger partial charge is 0.408 e. The lowest BCUT2D eigenvalue weighted by atomic mass is 9.55. The van der Waals surface area contributed by atoms with E-state index in [1.807, 2.05) is 79.0 Å². The summed E-state index contributed by atoms with van der Waals surface area (Å²) in [6.45, 7) is 1.91. The molecule has 4 fully saturated rings. The van der Waals surface area contributed by atoms with Gasteiger partial charge >= 0.3 is 12.2 Å². The number of hydrogen-bond acceptors (Lipinski definition) is 5. The first-order valence-corrected chi connectivity index (χ1v) is 18.2. The van der Waals surface area contributed by atoms with Crippen LogP contribution in [0.2, 0.25) is 0 Å². The highest BCUT2D eigenvalue weighted by Crippen LogP contribution is 2.54. The Balaban J connectivity index is 1.02. The summed E-state index contributed by atoms with van der Waals surface area (Å²) in [4.78, 5) is 44.9. The molecule has 0 aliphatic heterocycles. The zero-order valence-electron chi connectivity index (χ0n) is 28.5. The van der Waals surface area contributed by atoms with Crippen LogP contribution in [0.4, 0.5) is 9.59 Å². The molecule has 3 aromatic carbocycles. The molecular weight excluding hydrogens is 628 g/mol. The molecule has 0 saturated heterocycles. The normalized spacial score (nSPS) is 27.5. The lowest BCUT2D eigenvalue weighted by Crippen LogP contribution is -2.62. The van der Waals surface area contributed by atoms with Crippen LogP contribution in [0.15, 0.2) is 85.1 Å². The summed E-state index contributed by atoms with van der Waals surface area (Å²) >= 11 is 0. The van der Waals surface area contributed by atoms with E-state index in [9.17, 15) is 14.4 Å². The number of amides is 3. The number of aryl methyl sites for hydroxylation is 1. The van der Waals surface area contributed by atoms with Gasteiger partial charge in [0.05, 0.1) is 12.1 Å². The van der Waals surface area contributed by atoms with Crippen LogP contribution in [0, 0.1) is 23.7 Å². The third-order valence-electron chi connectivity index (χ3n) is 11.8. The molecule has 3 atom stereocenters. The number of carbonyl (C=O) groups excluding carboxylic acids is 3. The summed E-state index contributed by atoms with van der Waals surface area (Å²) in [7, 11) is 0. The van der Waals surface area contributed by atoms with Crippen LogP contribution in [0.1, 0.15) is 73.7 Å². The Bertz CT molecular complexity index is 1840. The van der Waals surface area contributed by atoms with Gasteiger partial charge in [0.25, 0.3) is 0 Å². The Kier molecular flexibility index (Phi) is 8.75. The van der Waals surface area contributed by atoms with Gasteiger partial charge in [-0.2, -0.15) is 0 Å². The van der Waals surface area contributed by atoms with Crippen molar-refractivity contribution in [3.05, 3.63) is 107 Å². The number of aromatic amines is 1. The van der Waals surface area contributed by atoms with Gasteiger partial charge in [0.15, 0.2) is 0 Å². The van der Waals surface area contributed by atoms with Crippen molar-refractivity contribution in [2.24, 2.45) is 23.7 Å². The average Bonchev–Trinajstić information content (AvgIpc) is 3.52. The van der Waals surface area contributed by atoms with Crippen molar-refractivity contribution in [3.63, 3.8) is 0 Å². The van der Waals surface area contributed by atoms with Crippen LogP contribution in [0.3, 0.4) is 0 Å². The number of para-hydroxylation sites is 1. The van der Waals surface area contributed by atoms with Crippen molar-refractivity contribution in [1.82, 2.24) is 20.9 Å². The summed E-state index contributed by atoms with van der Waals surface area (Å²) in [5, 5.41) is 10.4. The fourth-order valence-corrected chi connectivity index (χ4v) is 9.60. The van der Waals surface area contributed by atoms with E-state index in [-0.39, 0.29) is 25.0 Å². The van der Waals surface area contributed by atoms with E-state index in [0.29, 0.717) is 18.3 Å². The van der Waals surface area contributed by atoms with Gasteiger partial charge in [-0.15, -0.1) is 0 Å². The predicted molar refractivity (Wildman–Crippen MR) is 190 cm³/mol. The lowest BCUT2D eigenvalue weighted by molar-refractivity contribution is -0.128. The SMILES string of the molecule is C[C@](Cc1c[nH]c2ccccc12)(NC(=O)OC1C2CC3CC(C2)CC1C3)C(=O)N[C@@H]1CCc2ccccc2[C@@H]1NC(=O)OCc1ccccc1. The van der Waals surface area contributed by atoms with Gasteiger partial charge in [-0.25, -0.2) is 9.59 Å². The molecule has 9 heteroatoms. The minimum atomic E-state index is -1.34. The third kappa shape index (κ3) is 6.57. The number of rotatable bonds is 9. The molecule has 4 saturated carbocycles. The maximum Gasteiger partial charge on any atom is 0.408 e. The van der Waals surface area contributed by atoms with Crippen molar-refractivity contribution < 1.29 is 23.9 Å². The molecule has 4 bridgehead atoms. The highest BCUT2D eigenvalue weighted by molar-refractivity contribution is 5.92. The van der Waals surface area contributed by atoms with Crippen LogP contribution in [0.5, 0.6) is 0 Å². The third-order valence-corrected chi connectivity index (χ3v) is 11.8. The first-order valence-electron chi connectivity index (χ1n) is 18.2. The first-order chi connectivity index (χ1) is 24.3. The molecule has 0 radical (unpaired) electrons. The van der Waals surface area contributed by atoms with Gasteiger partial charge in [-0.05, 0) is 104 Å². The summed E-state index contributed by atoms with van der Waals surface area (Å²) < 4.78 is 11.8. The van der Waals surface area contributed by atoms with Crippen LogP contribution < -0.4 is 16.0 Å². The number of nitrogens with one attached hydrogen (secondary N) is 4. The minimum absolute atomic E-state index is 0.103. The topological polar surface area (TPSA) is 122 Å².